The van der Waals surface area contributed by atoms with Crippen LogP contribution < -0.4 is 0 Å². The monoisotopic (exact) mass is 288 g/mol. The van der Waals surface area contributed by atoms with Gasteiger partial charge in [0.1, 0.15) is 5.82 Å². The van der Waals surface area contributed by atoms with Gasteiger partial charge < -0.3 is 14.4 Å². The van der Waals surface area contributed by atoms with Crippen LogP contribution in [0.3, 0.4) is 0 Å². The summed E-state index contributed by atoms with van der Waals surface area (Å²) in [4.78, 5) is 4.73. The van der Waals surface area contributed by atoms with Crippen molar-refractivity contribution in [2.75, 3.05) is 7.11 Å². The largest absolute Gasteiger partial charge is 0.389 e. The first-order chi connectivity index (χ1) is 10.1. The van der Waals surface area contributed by atoms with Crippen LogP contribution in [0.1, 0.15) is 38.4 Å². The molecule has 1 aliphatic carbocycles. The molecule has 114 valence electrons. The van der Waals surface area contributed by atoms with Gasteiger partial charge in [-0.2, -0.15) is 0 Å². The van der Waals surface area contributed by atoms with Gasteiger partial charge in [-0.1, -0.05) is 12.1 Å². The first-order valence-electron chi connectivity index (χ1n) is 7.84. The zero-order chi connectivity index (χ0) is 14.9. The third-order valence-electron chi connectivity index (χ3n) is 4.73. The lowest BCUT2D eigenvalue weighted by molar-refractivity contribution is -0.0441. The van der Waals surface area contributed by atoms with Gasteiger partial charge in [-0.15, -0.1) is 0 Å². The molecule has 0 amide bonds. The molecule has 3 rings (SSSR count). The maximum absolute atomic E-state index is 10.9. The summed E-state index contributed by atoms with van der Waals surface area (Å²) in [5.74, 6) is 0.997. The molecule has 1 aromatic heterocycles. The molecule has 0 aliphatic heterocycles. The summed E-state index contributed by atoms with van der Waals surface area (Å²) < 4.78 is 7.61. The van der Waals surface area contributed by atoms with Gasteiger partial charge in [-0.3, -0.25) is 0 Å². The maximum atomic E-state index is 10.9. The van der Waals surface area contributed by atoms with E-state index in [4.69, 9.17) is 9.72 Å². The van der Waals surface area contributed by atoms with E-state index in [2.05, 4.69) is 17.6 Å². The fourth-order valence-electron chi connectivity index (χ4n) is 3.45. The molecule has 21 heavy (non-hydrogen) atoms. The minimum atomic E-state index is -0.636. The molecule has 1 aliphatic rings. The predicted octanol–water partition coefficient (Wildman–Crippen LogP) is 2.92. The van der Waals surface area contributed by atoms with Gasteiger partial charge in [-0.05, 0) is 44.7 Å². The molecule has 1 heterocycles. The predicted molar refractivity (Wildman–Crippen MR) is 83.3 cm³/mol. The summed E-state index contributed by atoms with van der Waals surface area (Å²) >= 11 is 0. The van der Waals surface area contributed by atoms with Crippen LogP contribution in [0.5, 0.6) is 0 Å². The van der Waals surface area contributed by atoms with Crippen LogP contribution in [0.2, 0.25) is 0 Å². The normalized spacial score (nSPS) is 26.3. The number of para-hydroxylation sites is 2. The van der Waals surface area contributed by atoms with Gasteiger partial charge in [0.15, 0.2) is 0 Å². The Labute approximate surface area is 125 Å². The minimum absolute atomic E-state index is 0.301. The third kappa shape index (κ3) is 2.83. The second-order valence-corrected chi connectivity index (χ2v) is 6.10. The summed E-state index contributed by atoms with van der Waals surface area (Å²) in [6.07, 6.45) is 4.37. The quantitative estimate of drug-likeness (QED) is 0.941. The van der Waals surface area contributed by atoms with Crippen LogP contribution in [0, 0.1) is 0 Å². The number of methoxy groups -OCH3 is 1. The molecular formula is C17H24N2O2. The number of benzene rings is 1. The van der Waals surface area contributed by atoms with Crippen molar-refractivity contribution < 1.29 is 9.84 Å². The number of nitrogens with zero attached hydrogens (tertiary/aromatic N) is 2. The van der Waals surface area contributed by atoms with Crippen LogP contribution >= 0.6 is 0 Å². The van der Waals surface area contributed by atoms with E-state index < -0.39 is 5.60 Å². The molecule has 1 N–H and O–H groups in total. The van der Waals surface area contributed by atoms with Gasteiger partial charge in [0.2, 0.25) is 0 Å². The Kier molecular flexibility index (Phi) is 4.00. The second kappa shape index (κ2) is 5.78. The number of hydrogen-bond acceptors (Lipinski definition) is 3. The average Bonchev–Trinajstić information content (AvgIpc) is 2.84. The number of ether oxygens (including phenoxy) is 1. The van der Waals surface area contributed by atoms with Crippen molar-refractivity contribution in [1.82, 2.24) is 9.55 Å². The van der Waals surface area contributed by atoms with Crippen molar-refractivity contribution >= 4 is 11.0 Å². The molecule has 2 aromatic rings. The van der Waals surface area contributed by atoms with E-state index in [-0.39, 0.29) is 0 Å². The summed E-state index contributed by atoms with van der Waals surface area (Å²) in [5, 5.41) is 10.9. The van der Waals surface area contributed by atoms with E-state index in [9.17, 15) is 5.11 Å². The molecule has 0 bridgehead atoms. The fourth-order valence-corrected chi connectivity index (χ4v) is 3.45. The molecule has 0 spiro atoms. The van der Waals surface area contributed by atoms with E-state index in [0.29, 0.717) is 12.5 Å². The van der Waals surface area contributed by atoms with Crippen molar-refractivity contribution in [3.63, 3.8) is 0 Å². The molecule has 0 radical (unpaired) electrons. The van der Waals surface area contributed by atoms with Crippen molar-refractivity contribution in [2.45, 2.75) is 57.3 Å². The fraction of sp³-hybridized carbons (Fsp3) is 0.588. The molecular weight excluding hydrogens is 264 g/mol. The zero-order valence-electron chi connectivity index (χ0n) is 12.9. The lowest BCUT2D eigenvalue weighted by Gasteiger charge is -2.35. The van der Waals surface area contributed by atoms with Crippen LogP contribution in [0.25, 0.3) is 11.0 Å². The molecule has 0 atom stereocenters. The highest BCUT2D eigenvalue weighted by atomic mass is 16.5. The number of imidazole rings is 1. The van der Waals surface area contributed by atoms with E-state index >= 15 is 0 Å². The van der Waals surface area contributed by atoms with Gasteiger partial charge in [-0.25, -0.2) is 4.98 Å². The maximum Gasteiger partial charge on any atom is 0.112 e. The Balaban J connectivity index is 1.84. The SMILES string of the molecule is CCn1c(CC2(O)CCC(OC)CC2)nc2ccccc21. The van der Waals surface area contributed by atoms with E-state index in [0.717, 1.165) is 49.1 Å². The zero-order valence-corrected chi connectivity index (χ0v) is 12.9. The van der Waals surface area contributed by atoms with Gasteiger partial charge in [0.25, 0.3) is 0 Å². The number of aryl methyl sites for hydroxylation is 1. The smallest absolute Gasteiger partial charge is 0.112 e. The summed E-state index contributed by atoms with van der Waals surface area (Å²) in [7, 11) is 1.76. The standard InChI is InChI=1S/C17H24N2O2/c1-3-19-15-7-5-4-6-14(15)18-16(19)12-17(20)10-8-13(21-2)9-11-17/h4-7,13,20H,3,8-12H2,1-2H3. The lowest BCUT2D eigenvalue weighted by Crippen LogP contribution is -2.39. The van der Waals surface area contributed by atoms with E-state index in [1.807, 2.05) is 18.2 Å². The molecule has 0 unspecified atom stereocenters. The minimum Gasteiger partial charge on any atom is -0.389 e. The Morgan fingerprint density at radius 2 is 2.05 bits per heavy atom. The molecule has 1 fully saturated rings. The van der Waals surface area contributed by atoms with Crippen LogP contribution in [-0.2, 0) is 17.7 Å². The average molecular weight is 288 g/mol. The third-order valence-corrected chi connectivity index (χ3v) is 4.73. The first-order valence-corrected chi connectivity index (χ1v) is 7.84. The van der Waals surface area contributed by atoms with E-state index in [1.54, 1.807) is 7.11 Å². The molecule has 4 heteroatoms. The van der Waals surface area contributed by atoms with Crippen molar-refractivity contribution in [2.24, 2.45) is 0 Å². The van der Waals surface area contributed by atoms with Crippen molar-refractivity contribution in [1.29, 1.82) is 0 Å². The lowest BCUT2D eigenvalue weighted by atomic mass is 9.81. The topological polar surface area (TPSA) is 47.3 Å². The summed E-state index contributed by atoms with van der Waals surface area (Å²) in [5.41, 5.74) is 1.54. The number of fused-ring (bicyclic) bond motifs is 1. The number of aliphatic hydroxyl groups is 1. The molecule has 4 nitrogen and oxygen atoms in total. The van der Waals surface area contributed by atoms with Gasteiger partial charge in [0.05, 0.1) is 22.7 Å². The van der Waals surface area contributed by atoms with Crippen LogP contribution in [0.4, 0.5) is 0 Å². The molecule has 1 aromatic carbocycles. The van der Waals surface area contributed by atoms with Crippen molar-refractivity contribution in [3.05, 3.63) is 30.1 Å². The van der Waals surface area contributed by atoms with Gasteiger partial charge in [0, 0.05) is 20.1 Å². The molecule has 0 saturated heterocycles. The first kappa shape index (κ1) is 14.5. The van der Waals surface area contributed by atoms with Crippen LogP contribution in [-0.4, -0.2) is 33.5 Å². The van der Waals surface area contributed by atoms with Crippen molar-refractivity contribution in [3.8, 4) is 0 Å². The second-order valence-electron chi connectivity index (χ2n) is 6.10. The van der Waals surface area contributed by atoms with E-state index in [1.165, 1.54) is 0 Å². The number of aromatic nitrogens is 2. The summed E-state index contributed by atoms with van der Waals surface area (Å²) in [6, 6.07) is 8.19. The number of rotatable bonds is 4. The van der Waals surface area contributed by atoms with Crippen LogP contribution in [0.15, 0.2) is 24.3 Å². The molecule has 1 saturated carbocycles. The highest BCUT2D eigenvalue weighted by Crippen LogP contribution is 2.33. The Morgan fingerprint density at radius 1 is 1.33 bits per heavy atom. The Morgan fingerprint density at radius 3 is 2.71 bits per heavy atom. The Hall–Kier alpha value is -1.39. The summed E-state index contributed by atoms with van der Waals surface area (Å²) in [6.45, 7) is 3.01. The highest BCUT2D eigenvalue weighted by Gasteiger charge is 2.34. The highest BCUT2D eigenvalue weighted by molar-refractivity contribution is 5.75. The Bertz CT molecular complexity index is 612. The van der Waals surface area contributed by atoms with Gasteiger partial charge >= 0.3 is 0 Å². The number of hydrogen-bond donors (Lipinski definition) is 1.